The van der Waals surface area contributed by atoms with Crippen molar-refractivity contribution >= 4 is 54.3 Å². The summed E-state index contributed by atoms with van der Waals surface area (Å²) >= 11 is -10.9. The van der Waals surface area contributed by atoms with Crippen LogP contribution in [0.25, 0.3) is 38.8 Å². The number of pyridine rings is 1. The first kappa shape index (κ1) is 28.7. The Morgan fingerprint density at radius 3 is 1.73 bits per heavy atom. The fourth-order valence-corrected chi connectivity index (χ4v) is 7.19. The standard InChI is InChI=1S/C31H26NSe.6FH.Sb/c1-3-21-12-16-23(17-13-21)26-20-32-27-9-5-6-10-28(27)33-29-11-7-8-25(31(29)32)30(26)24-18-14-22(4-2)15-19-24;;;;;;;/h5-20H,3-4H2,1-2H3;6*1H;/q+1;;;;;;;+5/p-6. The van der Waals surface area contributed by atoms with Crippen molar-refractivity contribution in [3.8, 4) is 27.9 Å². The van der Waals surface area contributed by atoms with Gasteiger partial charge in [-0.3, -0.25) is 0 Å². The molecule has 40 heavy (non-hydrogen) atoms. The summed E-state index contributed by atoms with van der Waals surface area (Å²) in [6, 6.07) is 34.0. The van der Waals surface area contributed by atoms with E-state index < -0.39 is 19.5 Å². The molecule has 1 aromatic heterocycles. The van der Waals surface area contributed by atoms with Gasteiger partial charge in [-0.05, 0) is 0 Å². The van der Waals surface area contributed by atoms with Crippen molar-refractivity contribution in [1.29, 1.82) is 0 Å². The van der Waals surface area contributed by atoms with Crippen LogP contribution in [0.4, 0.5) is 16.9 Å². The van der Waals surface area contributed by atoms with Crippen LogP contribution in [0, 0.1) is 0 Å². The molecule has 1 aliphatic rings. The molecule has 1 aliphatic heterocycles. The zero-order chi connectivity index (χ0) is 28.8. The first-order valence-electron chi connectivity index (χ1n) is 12.8. The molecule has 208 valence electrons. The van der Waals surface area contributed by atoms with Gasteiger partial charge in [0.25, 0.3) is 0 Å². The number of hydrogen-bond acceptors (Lipinski definition) is 0. The molecule has 5 aromatic rings. The van der Waals surface area contributed by atoms with Gasteiger partial charge < -0.3 is 0 Å². The number of halogens is 6. The average molecular weight is 727 g/mol. The van der Waals surface area contributed by atoms with Crippen LogP contribution in [0.2, 0.25) is 0 Å². The van der Waals surface area contributed by atoms with Gasteiger partial charge in [0.15, 0.2) is 0 Å². The molecule has 9 heteroatoms. The minimum atomic E-state index is -11.2. The Morgan fingerprint density at radius 2 is 1.15 bits per heavy atom. The number of fused-ring (bicyclic) bond motifs is 2. The molecule has 0 bridgehead atoms. The molecule has 1 nitrogen and oxygen atoms in total. The molecule has 0 fully saturated rings. The van der Waals surface area contributed by atoms with Gasteiger partial charge in [0.2, 0.25) is 0 Å². The van der Waals surface area contributed by atoms with Crippen molar-refractivity contribution in [1.82, 2.24) is 0 Å². The van der Waals surface area contributed by atoms with E-state index in [4.69, 9.17) is 0 Å². The maximum atomic E-state index is 9.93. The van der Waals surface area contributed by atoms with Crippen LogP contribution in [0.5, 0.6) is 0 Å². The molecule has 0 spiro atoms. The summed E-state index contributed by atoms with van der Waals surface area (Å²) in [5.41, 5.74) is 10.6. The molecule has 2 heterocycles. The number of rotatable bonds is 4. The van der Waals surface area contributed by atoms with E-state index in [9.17, 15) is 16.9 Å². The van der Waals surface area contributed by atoms with Crippen molar-refractivity contribution in [2.24, 2.45) is 0 Å². The monoisotopic (exact) mass is 727 g/mol. The normalized spacial score (nSPS) is 14.0. The molecule has 6 rings (SSSR count). The van der Waals surface area contributed by atoms with Crippen molar-refractivity contribution in [3.05, 3.63) is 108 Å². The molecule has 0 aliphatic carbocycles. The molecule has 0 saturated carbocycles. The van der Waals surface area contributed by atoms with E-state index in [1.165, 1.54) is 58.9 Å². The Hall–Kier alpha value is -2.79. The topological polar surface area (TPSA) is 3.88 Å². The summed E-state index contributed by atoms with van der Waals surface area (Å²) in [5, 5.41) is 1.34. The van der Waals surface area contributed by atoms with E-state index in [2.05, 4.69) is 116 Å². The van der Waals surface area contributed by atoms with Gasteiger partial charge in [0.1, 0.15) is 0 Å². The molecule has 0 atom stereocenters. The zero-order valence-electron chi connectivity index (χ0n) is 21.7. The van der Waals surface area contributed by atoms with Gasteiger partial charge in [-0.15, -0.1) is 0 Å². The van der Waals surface area contributed by atoms with Gasteiger partial charge in [-0.2, -0.15) is 0 Å². The van der Waals surface area contributed by atoms with E-state index >= 15 is 0 Å². The van der Waals surface area contributed by atoms with Crippen molar-refractivity contribution < 1.29 is 21.4 Å². The fraction of sp³-hybridized carbons (Fsp3) is 0.129. The van der Waals surface area contributed by atoms with Crippen LogP contribution in [0.15, 0.2) is 97.2 Å². The van der Waals surface area contributed by atoms with E-state index in [-0.39, 0.29) is 0 Å². The van der Waals surface area contributed by atoms with Gasteiger partial charge in [0, 0.05) is 0 Å². The van der Waals surface area contributed by atoms with E-state index in [1.807, 2.05) is 0 Å². The Morgan fingerprint density at radius 1 is 0.625 bits per heavy atom. The van der Waals surface area contributed by atoms with Crippen molar-refractivity contribution in [3.63, 3.8) is 0 Å². The number of aryl methyl sites for hydroxylation is 2. The minimum absolute atomic E-state index is 0.309. The molecule has 4 aromatic carbocycles. The van der Waals surface area contributed by atoms with Crippen LogP contribution in [-0.4, -0.2) is 34.4 Å². The van der Waals surface area contributed by atoms with Gasteiger partial charge in [-0.25, -0.2) is 0 Å². The van der Waals surface area contributed by atoms with Crippen LogP contribution in [0.1, 0.15) is 25.0 Å². The SMILES string of the molecule is CCc1ccc(-c2c[n+]3c4c(cccc4c2-c2ccc(CC)cc2)[Se]c2ccccc2-3)cc1.[F][Sb-]([F])([F])([F])([F])[F]. The molecule has 0 N–H and O–H groups in total. The van der Waals surface area contributed by atoms with Crippen LogP contribution in [-0.2, 0) is 12.8 Å². The summed E-state index contributed by atoms with van der Waals surface area (Å²) in [4.78, 5) is 0. The van der Waals surface area contributed by atoms with Gasteiger partial charge >= 0.3 is 239 Å². The molecular formula is C31H26F6NSbSe. The average Bonchev–Trinajstić information content (AvgIpc) is 2.91. The van der Waals surface area contributed by atoms with Crippen LogP contribution >= 0.6 is 0 Å². The zero-order valence-corrected chi connectivity index (χ0v) is 26.0. The Labute approximate surface area is 237 Å². The second-order valence-corrected chi connectivity index (χ2v) is 17.3. The quantitative estimate of drug-likeness (QED) is 0.0998. The predicted molar refractivity (Wildman–Crippen MR) is 153 cm³/mol. The number of hydrogen-bond donors (Lipinski definition) is 0. The first-order chi connectivity index (χ1) is 18.7. The third kappa shape index (κ3) is 6.74. The summed E-state index contributed by atoms with van der Waals surface area (Å²) in [7, 11) is 0. The van der Waals surface area contributed by atoms with Crippen LogP contribution < -0.4 is 13.5 Å². The Bertz CT molecular complexity index is 1700. The Kier molecular flexibility index (Phi) is 7.14. The van der Waals surface area contributed by atoms with Gasteiger partial charge in [-0.1, -0.05) is 0 Å². The van der Waals surface area contributed by atoms with Crippen LogP contribution in [0.3, 0.4) is 0 Å². The third-order valence-corrected chi connectivity index (χ3v) is 9.04. The molecular weight excluding hydrogens is 701 g/mol. The molecule has 0 amide bonds. The molecule has 0 saturated heterocycles. The fourth-order valence-electron chi connectivity index (χ4n) is 4.87. The number of nitrogens with zero attached hydrogens (tertiary/aromatic N) is 1. The van der Waals surface area contributed by atoms with E-state index in [0.29, 0.717) is 15.0 Å². The number of para-hydroxylation sites is 2. The van der Waals surface area contributed by atoms with Crippen molar-refractivity contribution in [2.45, 2.75) is 26.7 Å². The summed E-state index contributed by atoms with van der Waals surface area (Å²) < 4.78 is 64.9. The maximum absolute atomic E-state index is 11.2. The first-order valence-corrected chi connectivity index (χ1v) is 20.3. The summed E-state index contributed by atoms with van der Waals surface area (Å²) in [6.45, 7) is 4.43. The second-order valence-electron chi connectivity index (χ2n) is 9.57. The van der Waals surface area contributed by atoms with E-state index in [0.717, 1.165) is 12.8 Å². The Balaban J connectivity index is 0.000000411. The number of benzene rings is 4. The molecule has 0 unspecified atom stereocenters. The summed E-state index contributed by atoms with van der Waals surface area (Å²) in [6.07, 6.45) is 4.50. The number of aromatic nitrogens is 1. The third-order valence-electron chi connectivity index (χ3n) is 6.71. The van der Waals surface area contributed by atoms with E-state index in [1.54, 1.807) is 0 Å². The predicted octanol–water partition coefficient (Wildman–Crippen LogP) is 7.68. The summed E-state index contributed by atoms with van der Waals surface area (Å²) in [5.74, 6) is 0. The second kappa shape index (κ2) is 9.94. The van der Waals surface area contributed by atoms with Gasteiger partial charge in [0.05, 0.1) is 0 Å². The molecule has 0 radical (unpaired) electrons. The van der Waals surface area contributed by atoms with Crippen molar-refractivity contribution in [2.75, 3.05) is 0 Å².